The molecule has 3 amide bonds. The van der Waals surface area contributed by atoms with E-state index in [1.165, 1.54) is 24.3 Å². The van der Waals surface area contributed by atoms with Gasteiger partial charge in [0.25, 0.3) is 5.91 Å². The number of hydrogen-bond acceptors (Lipinski definition) is 3. The van der Waals surface area contributed by atoms with Crippen LogP contribution < -0.4 is 10.1 Å². The second-order valence-corrected chi connectivity index (χ2v) is 6.28. The molecule has 0 spiro atoms. The van der Waals surface area contributed by atoms with Gasteiger partial charge in [0.2, 0.25) is 0 Å². The fourth-order valence-corrected chi connectivity index (χ4v) is 2.96. The predicted octanol–water partition coefficient (Wildman–Crippen LogP) is 3.56. The molecule has 0 aromatic heterocycles. The number of nitrogens with zero attached hydrogens (tertiary/aromatic N) is 1. The molecule has 0 bridgehead atoms. The van der Waals surface area contributed by atoms with Crippen molar-refractivity contribution in [3.05, 3.63) is 65.2 Å². The number of nitrogens with one attached hydrogen (secondary N) is 1. The molecule has 5 nitrogen and oxygen atoms in total. The summed E-state index contributed by atoms with van der Waals surface area (Å²) in [5, 5.41) is 2.69. The predicted molar refractivity (Wildman–Crippen MR) is 90.7 cm³/mol. The van der Waals surface area contributed by atoms with Gasteiger partial charge in [0.05, 0.1) is 6.54 Å². The number of rotatable bonds is 5. The highest BCUT2D eigenvalue weighted by Gasteiger charge is 2.48. The van der Waals surface area contributed by atoms with Crippen molar-refractivity contribution in [1.29, 1.82) is 0 Å². The third kappa shape index (κ3) is 3.24. The molecule has 7 heteroatoms. The first kappa shape index (κ1) is 17.8. The zero-order valence-electron chi connectivity index (χ0n) is 14.3. The molecule has 0 unspecified atom stereocenters. The Kier molecular flexibility index (Phi) is 4.63. The molecule has 1 atom stereocenters. The van der Waals surface area contributed by atoms with Crippen molar-refractivity contribution in [3.63, 3.8) is 0 Å². The number of urea groups is 1. The first-order valence-electron chi connectivity index (χ1n) is 8.05. The lowest BCUT2D eigenvalue weighted by Crippen LogP contribution is -2.40. The lowest BCUT2D eigenvalue weighted by atomic mass is 9.92. The number of hydrogen-bond donors (Lipinski definition) is 1. The number of halogens is 2. The summed E-state index contributed by atoms with van der Waals surface area (Å²) in [5.41, 5.74) is 1.09. The van der Waals surface area contributed by atoms with Gasteiger partial charge in [-0.25, -0.2) is 4.79 Å². The minimum atomic E-state index is -2.92. The van der Waals surface area contributed by atoms with Crippen LogP contribution in [-0.4, -0.2) is 23.4 Å². The summed E-state index contributed by atoms with van der Waals surface area (Å²) in [6.45, 7) is 0.747. The van der Waals surface area contributed by atoms with Crippen molar-refractivity contribution in [2.24, 2.45) is 0 Å². The number of imide groups is 1. The molecule has 1 aliphatic heterocycles. The van der Waals surface area contributed by atoms with Crippen LogP contribution in [0.1, 0.15) is 23.6 Å². The first-order valence-corrected chi connectivity index (χ1v) is 8.05. The van der Waals surface area contributed by atoms with Crippen LogP contribution in [0.3, 0.4) is 0 Å². The third-order valence-corrected chi connectivity index (χ3v) is 4.52. The Morgan fingerprint density at radius 2 is 1.77 bits per heavy atom. The van der Waals surface area contributed by atoms with Crippen LogP contribution in [0.4, 0.5) is 13.6 Å². The summed E-state index contributed by atoms with van der Waals surface area (Å²) in [5.74, 6) is -0.408. The number of carbonyl (C=O) groups is 2. The van der Waals surface area contributed by atoms with Crippen molar-refractivity contribution in [1.82, 2.24) is 10.2 Å². The van der Waals surface area contributed by atoms with Gasteiger partial charge < -0.3 is 10.1 Å². The first-order chi connectivity index (χ1) is 12.3. The van der Waals surface area contributed by atoms with Gasteiger partial charge in [0, 0.05) is 0 Å². The fourth-order valence-electron chi connectivity index (χ4n) is 2.96. The number of ether oxygens (including phenoxy) is 1. The van der Waals surface area contributed by atoms with Crippen molar-refractivity contribution < 1.29 is 23.1 Å². The van der Waals surface area contributed by atoms with Crippen molar-refractivity contribution in [2.75, 3.05) is 0 Å². The van der Waals surface area contributed by atoms with Gasteiger partial charge in [0.15, 0.2) is 0 Å². The highest BCUT2D eigenvalue weighted by Crippen LogP contribution is 2.31. The molecule has 1 N–H and O–H groups in total. The normalized spacial score (nSPS) is 19.8. The van der Waals surface area contributed by atoms with E-state index in [1.54, 1.807) is 6.92 Å². The summed E-state index contributed by atoms with van der Waals surface area (Å²) in [7, 11) is 0. The standard InChI is InChI=1S/C19H18F2N2O3/c1-12-5-3-4-6-13(12)11-23-16(24)19(2,22-18(23)25)14-7-9-15(10-8-14)26-17(20)21/h3-10,17H,11H2,1-2H3,(H,22,25)/t19-/m0/s1. The van der Waals surface area contributed by atoms with Crippen LogP contribution in [0.25, 0.3) is 0 Å². The Bertz CT molecular complexity index is 839. The Labute approximate surface area is 149 Å². The maximum Gasteiger partial charge on any atom is 0.387 e. The monoisotopic (exact) mass is 360 g/mol. The number of carbonyl (C=O) groups excluding carboxylic acids is 2. The van der Waals surface area contributed by atoms with E-state index in [4.69, 9.17) is 0 Å². The zero-order valence-corrected chi connectivity index (χ0v) is 14.3. The van der Waals surface area contributed by atoms with Crippen LogP contribution in [0, 0.1) is 6.92 Å². The molecule has 0 saturated carbocycles. The third-order valence-electron chi connectivity index (χ3n) is 4.52. The maximum atomic E-state index is 12.9. The summed E-state index contributed by atoms with van der Waals surface area (Å²) in [6, 6.07) is 12.7. The molecule has 1 aliphatic rings. The molecule has 2 aromatic rings. The molecule has 1 saturated heterocycles. The Balaban J connectivity index is 1.83. The lowest BCUT2D eigenvalue weighted by molar-refractivity contribution is -0.131. The van der Waals surface area contributed by atoms with Gasteiger partial charge in [-0.2, -0.15) is 8.78 Å². The molecular formula is C19H18F2N2O3. The van der Waals surface area contributed by atoms with Crippen LogP contribution in [-0.2, 0) is 16.9 Å². The van der Waals surface area contributed by atoms with E-state index in [0.717, 1.165) is 16.0 Å². The average Bonchev–Trinajstić information content (AvgIpc) is 2.81. The number of aryl methyl sites for hydroxylation is 1. The van der Waals surface area contributed by atoms with E-state index in [9.17, 15) is 18.4 Å². The lowest BCUT2D eigenvalue weighted by Gasteiger charge is -2.22. The van der Waals surface area contributed by atoms with E-state index in [-0.39, 0.29) is 12.3 Å². The maximum absolute atomic E-state index is 12.9. The highest BCUT2D eigenvalue weighted by atomic mass is 19.3. The van der Waals surface area contributed by atoms with Crippen molar-refractivity contribution in [3.8, 4) is 5.75 Å². The second kappa shape index (κ2) is 6.74. The Hall–Kier alpha value is -2.96. The Morgan fingerprint density at radius 1 is 1.12 bits per heavy atom. The van der Waals surface area contributed by atoms with E-state index < -0.39 is 24.1 Å². The molecule has 1 heterocycles. The smallest absolute Gasteiger partial charge is 0.387 e. The molecule has 0 aliphatic carbocycles. The Morgan fingerprint density at radius 3 is 2.38 bits per heavy atom. The molecule has 26 heavy (non-hydrogen) atoms. The van der Waals surface area contributed by atoms with Gasteiger partial charge in [-0.1, -0.05) is 36.4 Å². The quantitative estimate of drug-likeness (QED) is 0.830. The molecule has 2 aromatic carbocycles. The molecular weight excluding hydrogens is 342 g/mol. The second-order valence-electron chi connectivity index (χ2n) is 6.28. The van der Waals surface area contributed by atoms with E-state index >= 15 is 0 Å². The number of amides is 3. The van der Waals surface area contributed by atoms with Crippen molar-refractivity contribution >= 4 is 11.9 Å². The van der Waals surface area contributed by atoms with Gasteiger partial charge in [0.1, 0.15) is 11.3 Å². The van der Waals surface area contributed by atoms with Crippen LogP contribution in [0.5, 0.6) is 5.75 Å². The topological polar surface area (TPSA) is 58.6 Å². The molecule has 0 radical (unpaired) electrons. The number of benzene rings is 2. The van der Waals surface area contributed by atoms with Crippen LogP contribution in [0.2, 0.25) is 0 Å². The minimum absolute atomic E-state index is 0.0131. The average molecular weight is 360 g/mol. The summed E-state index contributed by atoms with van der Waals surface area (Å²) in [4.78, 5) is 26.4. The van der Waals surface area contributed by atoms with Crippen molar-refractivity contribution in [2.45, 2.75) is 32.5 Å². The van der Waals surface area contributed by atoms with Crippen LogP contribution in [0.15, 0.2) is 48.5 Å². The van der Waals surface area contributed by atoms with Gasteiger partial charge >= 0.3 is 12.6 Å². The van der Waals surface area contributed by atoms with E-state index in [1.807, 2.05) is 31.2 Å². The van der Waals surface area contributed by atoms with Crippen LogP contribution >= 0.6 is 0 Å². The number of alkyl halides is 2. The summed E-state index contributed by atoms with van der Waals surface area (Å²) in [6.07, 6.45) is 0. The molecule has 1 fully saturated rings. The molecule has 136 valence electrons. The summed E-state index contributed by atoms with van der Waals surface area (Å²) < 4.78 is 28.8. The largest absolute Gasteiger partial charge is 0.435 e. The highest BCUT2D eigenvalue weighted by molar-refractivity contribution is 6.07. The van der Waals surface area contributed by atoms with Gasteiger partial charge in [-0.05, 0) is 42.7 Å². The SMILES string of the molecule is Cc1ccccc1CN1C(=O)N[C@@](C)(c2ccc(OC(F)F)cc2)C1=O. The fraction of sp³-hybridized carbons (Fsp3) is 0.263. The molecule has 3 rings (SSSR count). The zero-order chi connectivity index (χ0) is 18.9. The van der Waals surface area contributed by atoms with Gasteiger partial charge in [-0.3, -0.25) is 9.69 Å². The van der Waals surface area contributed by atoms with Gasteiger partial charge in [-0.15, -0.1) is 0 Å². The minimum Gasteiger partial charge on any atom is -0.435 e. The van der Waals surface area contributed by atoms with E-state index in [2.05, 4.69) is 10.1 Å². The summed E-state index contributed by atoms with van der Waals surface area (Å²) >= 11 is 0. The van der Waals surface area contributed by atoms with E-state index in [0.29, 0.717) is 5.56 Å².